The van der Waals surface area contributed by atoms with Crippen molar-refractivity contribution in [2.24, 2.45) is 17.4 Å². The second kappa shape index (κ2) is 2.06. The summed E-state index contributed by atoms with van der Waals surface area (Å²) in [7, 11) is 0. The first-order valence-electron chi connectivity index (χ1n) is 3.59. The number of primary amides is 1. The van der Waals surface area contributed by atoms with Gasteiger partial charge >= 0.3 is 0 Å². The molecule has 2 rings (SSSR count). The summed E-state index contributed by atoms with van der Waals surface area (Å²) in [5, 5.41) is 0. The minimum absolute atomic E-state index is 0.0995. The number of nitrogens with two attached hydrogens (primary N) is 2. The van der Waals surface area contributed by atoms with Gasteiger partial charge in [-0.25, -0.2) is 0 Å². The Hall–Kier alpha value is -0.870. The Bertz CT molecular complexity index is 226. The lowest BCUT2D eigenvalue weighted by molar-refractivity contribution is -0.122. The molecule has 0 aliphatic carbocycles. The van der Waals surface area contributed by atoms with E-state index in [2.05, 4.69) is 0 Å². The first-order chi connectivity index (χ1) is 5.20. The Morgan fingerprint density at radius 3 is 2.36 bits per heavy atom. The number of hydrogen-bond donors (Lipinski definition) is 2. The maximum Gasteiger partial charge on any atom is 0.225 e. The lowest BCUT2D eigenvalue weighted by Gasteiger charge is -2.17. The lowest BCUT2D eigenvalue weighted by Crippen LogP contribution is -2.44. The van der Waals surface area contributed by atoms with E-state index >= 15 is 0 Å². The summed E-state index contributed by atoms with van der Waals surface area (Å²) in [4.78, 5) is 10.8. The van der Waals surface area contributed by atoms with E-state index in [-0.39, 0.29) is 30.1 Å². The van der Waals surface area contributed by atoms with Gasteiger partial charge in [-0.15, -0.1) is 0 Å². The van der Waals surface area contributed by atoms with E-state index in [0.29, 0.717) is 0 Å². The number of carbonyl (C=O) groups excluding carboxylic acids is 1. The first-order valence-corrected chi connectivity index (χ1v) is 3.59. The zero-order chi connectivity index (χ0) is 8.01. The Labute approximate surface area is 64.2 Å². The highest BCUT2D eigenvalue weighted by atomic mass is 16.5. The minimum atomic E-state index is -0.366. The van der Waals surface area contributed by atoms with Crippen molar-refractivity contribution in [2.75, 3.05) is 0 Å². The molecule has 0 unspecified atom stereocenters. The molecular formula is C7H10N2O2. The van der Waals surface area contributed by atoms with Crippen LogP contribution in [0.2, 0.25) is 0 Å². The number of hydrogen-bond acceptors (Lipinski definition) is 3. The van der Waals surface area contributed by atoms with E-state index < -0.39 is 0 Å². The maximum atomic E-state index is 10.8. The van der Waals surface area contributed by atoms with Crippen molar-refractivity contribution in [1.29, 1.82) is 0 Å². The van der Waals surface area contributed by atoms with Crippen LogP contribution in [-0.4, -0.2) is 24.2 Å². The Morgan fingerprint density at radius 1 is 1.36 bits per heavy atom. The molecule has 2 heterocycles. The van der Waals surface area contributed by atoms with Gasteiger partial charge in [0.2, 0.25) is 5.91 Å². The fourth-order valence-corrected chi connectivity index (χ4v) is 1.69. The quantitative estimate of drug-likeness (QED) is 0.463. The number of fused-ring (bicyclic) bond motifs is 2. The average Bonchev–Trinajstić information content (AvgIpc) is 2.44. The molecule has 4 atom stereocenters. The van der Waals surface area contributed by atoms with E-state index in [1.165, 1.54) is 0 Å². The number of rotatable bonds is 1. The molecule has 0 spiro atoms. The molecule has 1 fully saturated rings. The van der Waals surface area contributed by atoms with E-state index in [4.69, 9.17) is 16.2 Å². The third kappa shape index (κ3) is 0.797. The Balaban J connectivity index is 2.25. The molecule has 60 valence electrons. The summed E-state index contributed by atoms with van der Waals surface area (Å²) in [5.41, 5.74) is 10.8. The van der Waals surface area contributed by atoms with E-state index in [1.54, 1.807) is 0 Å². The van der Waals surface area contributed by atoms with Crippen molar-refractivity contribution in [3.63, 3.8) is 0 Å². The Kier molecular flexibility index (Phi) is 1.27. The summed E-state index contributed by atoms with van der Waals surface area (Å²) >= 11 is 0. The van der Waals surface area contributed by atoms with Crippen molar-refractivity contribution >= 4 is 5.91 Å². The maximum absolute atomic E-state index is 10.8. The van der Waals surface area contributed by atoms with Crippen molar-refractivity contribution in [2.45, 2.75) is 18.2 Å². The average molecular weight is 154 g/mol. The standard InChI is InChI=1S/C7H10N2O2/c8-6-4-2-1-3(11-4)5(6)7(9)10/h1-6H,8H2,(H2,9,10)/t3-,4-,5+,6-/m0/s1. The normalized spacial score (nSPS) is 46.6. The molecule has 0 radical (unpaired) electrons. The predicted octanol–water partition coefficient (Wildman–Crippen LogP) is -1.25. The molecule has 0 aromatic carbocycles. The first kappa shape index (κ1) is 6.82. The van der Waals surface area contributed by atoms with Gasteiger partial charge in [-0.1, -0.05) is 12.2 Å². The molecular weight excluding hydrogens is 144 g/mol. The third-order valence-electron chi connectivity index (χ3n) is 2.28. The minimum Gasteiger partial charge on any atom is -0.369 e. The molecule has 4 N–H and O–H groups in total. The molecule has 11 heavy (non-hydrogen) atoms. The van der Waals surface area contributed by atoms with Crippen LogP contribution in [0, 0.1) is 5.92 Å². The summed E-state index contributed by atoms with van der Waals surface area (Å²) in [6.45, 7) is 0. The smallest absolute Gasteiger partial charge is 0.225 e. The predicted molar refractivity (Wildman–Crippen MR) is 38.5 cm³/mol. The zero-order valence-electron chi connectivity index (χ0n) is 5.94. The van der Waals surface area contributed by atoms with Crippen molar-refractivity contribution in [3.8, 4) is 0 Å². The third-order valence-corrected chi connectivity index (χ3v) is 2.28. The molecule has 4 heteroatoms. The van der Waals surface area contributed by atoms with Crippen LogP contribution in [0.3, 0.4) is 0 Å². The van der Waals surface area contributed by atoms with Crippen LogP contribution in [0.1, 0.15) is 0 Å². The molecule has 1 saturated heterocycles. The van der Waals surface area contributed by atoms with Crippen molar-refractivity contribution < 1.29 is 9.53 Å². The summed E-state index contributed by atoms with van der Waals surface area (Å²) < 4.78 is 5.32. The molecule has 2 bridgehead atoms. The number of amides is 1. The van der Waals surface area contributed by atoms with E-state index in [0.717, 1.165) is 0 Å². The summed E-state index contributed by atoms with van der Waals surface area (Å²) in [5.74, 6) is -0.695. The summed E-state index contributed by atoms with van der Waals surface area (Å²) in [6.07, 6.45) is 3.46. The molecule has 2 aliphatic rings. The van der Waals surface area contributed by atoms with Gasteiger partial charge in [0, 0.05) is 6.04 Å². The van der Waals surface area contributed by atoms with Gasteiger partial charge in [-0.3, -0.25) is 4.79 Å². The van der Waals surface area contributed by atoms with Gasteiger partial charge in [0.1, 0.15) is 0 Å². The highest BCUT2D eigenvalue weighted by molar-refractivity contribution is 5.79. The molecule has 0 aromatic rings. The van der Waals surface area contributed by atoms with Gasteiger partial charge in [0.15, 0.2) is 0 Å². The SMILES string of the molecule is NC(=O)[C@H]1[C@@H](N)[C@@H]2C=C[C@@H]1O2. The van der Waals surface area contributed by atoms with Gasteiger partial charge in [-0.2, -0.15) is 0 Å². The second-order valence-electron chi connectivity index (χ2n) is 2.96. The molecule has 0 saturated carbocycles. The lowest BCUT2D eigenvalue weighted by atomic mass is 9.89. The van der Waals surface area contributed by atoms with Gasteiger partial charge < -0.3 is 16.2 Å². The second-order valence-corrected chi connectivity index (χ2v) is 2.96. The fraction of sp³-hybridized carbons (Fsp3) is 0.571. The van der Waals surface area contributed by atoms with Crippen LogP contribution in [0.4, 0.5) is 0 Å². The van der Waals surface area contributed by atoms with E-state index in [9.17, 15) is 4.79 Å². The van der Waals surface area contributed by atoms with Crippen LogP contribution >= 0.6 is 0 Å². The largest absolute Gasteiger partial charge is 0.369 e. The monoisotopic (exact) mass is 154 g/mol. The number of carbonyl (C=O) groups is 1. The van der Waals surface area contributed by atoms with Gasteiger partial charge in [-0.05, 0) is 0 Å². The van der Waals surface area contributed by atoms with Gasteiger partial charge in [0.25, 0.3) is 0 Å². The van der Waals surface area contributed by atoms with Crippen LogP contribution < -0.4 is 11.5 Å². The summed E-state index contributed by atoms with van der Waals surface area (Å²) in [6, 6.07) is -0.248. The highest BCUT2D eigenvalue weighted by Crippen LogP contribution is 2.32. The Morgan fingerprint density at radius 2 is 2.00 bits per heavy atom. The van der Waals surface area contributed by atoms with Crippen LogP contribution in [0.15, 0.2) is 12.2 Å². The molecule has 0 aromatic heterocycles. The fourth-order valence-electron chi connectivity index (χ4n) is 1.69. The zero-order valence-corrected chi connectivity index (χ0v) is 5.94. The van der Waals surface area contributed by atoms with Crippen LogP contribution in [0.5, 0.6) is 0 Å². The van der Waals surface area contributed by atoms with Crippen LogP contribution in [-0.2, 0) is 9.53 Å². The molecule has 2 aliphatic heterocycles. The highest BCUT2D eigenvalue weighted by Gasteiger charge is 2.46. The van der Waals surface area contributed by atoms with Crippen LogP contribution in [0.25, 0.3) is 0 Å². The van der Waals surface area contributed by atoms with Gasteiger partial charge in [0.05, 0.1) is 18.1 Å². The topological polar surface area (TPSA) is 78.3 Å². The van der Waals surface area contributed by atoms with Crippen molar-refractivity contribution in [1.82, 2.24) is 0 Å². The van der Waals surface area contributed by atoms with Crippen molar-refractivity contribution in [3.05, 3.63) is 12.2 Å². The molecule has 1 amide bonds. The number of ether oxygens (including phenoxy) is 1. The van der Waals surface area contributed by atoms with E-state index in [1.807, 2.05) is 12.2 Å². The molecule has 4 nitrogen and oxygen atoms in total.